The fourth-order valence-corrected chi connectivity index (χ4v) is 8.57. The third-order valence-electron chi connectivity index (χ3n) is 10.00. The fourth-order valence-electron chi connectivity index (χ4n) is 7.60. The maximum absolute atomic E-state index is 13.3. The van der Waals surface area contributed by atoms with Crippen LogP contribution in [-0.2, 0) is 9.53 Å². The molecule has 4 unspecified atom stereocenters. The van der Waals surface area contributed by atoms with Gasteiger partial charge >= 0.3 is 5.97 Å². The van der Waals surface area contributed by atoms with E-state index in [0.29, 0.717) is 29.5 Å². The van der Waals surface area contributed by atoms with E-state index in [4.69, 9.17) is 4.74 Å². The zero-order valence-corrected chi connectivity index (χ0v) is 26.3. The molecule has 7 nitrogen and oxygen atoms in total. The molecule has 2 saturated carbocycles. The number of methoxy groups -OCH3 is 1. The van der Waals surface area contributed by atoms with Crippen LogP contribution in [0.3, 0.4) is 0 Å². The minimum absolute atomic E-state index is 0.0847. The van der Waals surface area contributed by atoms with Gasteiger partial charge in [-0.25, -0.2) is 4.79 Å². The van der Waals surface area contributed by atoms with Crippen LogP contribution in [0.1, 0.15) is 113 Å². The summed E-state index contributed by atoms with van der Waals surface area (Å²) in [6.45, 7) is 9.75. The number of thiophene rings is 1. The molecule has 5 rings (SSSR count). The first-order chi connectivity index (χ1) is 19.8. The lowest BCUT2D eigenvalue weighted by Gasteiger charge is -2.53. The van der Waals surface area contributed by atoms with Gasteiger partial charge in [0.25, 0.3) is 0 Å². The number of nitrogens with zero attached hydrogens (tertiary/aromatic N) is 3. The largest absolute Gasteiger partial charge is 0.465 e. The van der Waals surface area contributed by atoms with Crippen molar-refractivity contribution in [2.75, 3.05) is 13.7 Å². The Kier molecular flexibility index (Phi) is 9.80. The van der Waals surface area contributed by atoms with E-state index in [1.807, 2.05) is 11.4 Å². The van der Waals surface area contributed by atoms with E-state index in [-0.39, 0.29) is 23.8 Å². The van der Waals surface area contributed by atoms with E-state index < -0.39 is 0 Å². The van der Waals surface area contributed by atoms with E-state index in [1.54, 1.807) is 11.3 Å². The summed E-state index contributed by atoms with van der Waals surface area (Å²) in [4.78, 5) is 29.2. The molecule has 2 aliphatic carbocycles. The van der Waals surface area contributed by atoms with Gasteiger partial charge in [0.2, 0.25) is 5.91 Å². The standard InChI is InChI=1S/C33H48N4O3S/c1-6-29-26-15-22(14-24-17-28(20(2)3)36-35-21(24)4)16-30(26)37(29)13-12-27(31-18-25(19-41-31)33(39)40-5)34-32(38)23-10-8-7-9-11-23/h14,18-20,22-23,26-27,29-30H,6-13,15-17H2,1-5H3,(H,34,38)/b24-14-/t22?,26?,27-,29?,30?/m0/s1. The van der Waals surface area contributed by atoms with Crippen molar-refractivity contribution < 1.29 is 14.3 Å². The number of hydrogen-bond donors (Lipinski definition) is 1. The molecule has 5 atom stereocenters. The van der Waals surface area contributed by atoms with Crippen LogP contribution >= 0.6 is 11.3 Å². The number of hydrogen-bond acceptors (Lipinski definition) is 7. The summed E-state index contributed by atoms with van der Waals surface area (Å²) in [6.07, 6.45) is 13.3. The van der Waals surface area contributed by atoms with E-state index in [9.17, 15) is 9.59 Å². The summed E-state index contributed by atoms with van der Waals surface area (Å²) < 4.78 is 4.95. The Bertz CT molecular complexity index is 1190. The number of likely N-dealkylation sites (tertiary alicyclic amines) is 1. The molecule has 0 radical (unpaired) electrons. The van der Waals surface area contributed by atoms with E-state index >= 15 is 0 Å². The van der Waals surface area contributed by atoms with Crippen LogP contribution in [0.5, 0.6) is 0 Å². The van der Waals surface area contributed by atoms with Gasteiger partial charge in [0.15, 0.2) is 0 Å². The Morgan fingerprint density at radius 1 is 1.20 bits per heavy atom. The number of rotatable bonds is 10. The van der Waals surface area contributed by atoms with Crippen molar-refractivity contribution in [1.29, 1.82) is 0 Å². The number of carbonyl (C=O) groups excluding carboxylic acids is 2. The van der Waals surface area contributed by atoms with E-state index in [1.165, 1.54) is 37.7 Å². The lowest BCUT2D eigenvalue weighted by molar-refractivity contribution is -0.126. The van der Waals surface area contributed by atoms with Gasteiger partial charge in [-0.2, -0.15) is 10.2 Å². The minimum Gasteiger partial charge on any atom is -0.465 e. The molecule has 3 fully saturated rings. The van der Waals surface area contributed by atoms with Gasteiger partial charge in [-0.1, -0.05) is 46.1 Å². The summed E-state index contributed by atoms with van der Waals surface area (Å²) in [5.41, 5.74) is 4.18. The van der Waals surface area contributed by atoms with Gasteiger partial charge in [-0.3, -0.25) is 9.69 Å². The predicted molar refractivity (Wildman–Crippen MR) is 167 cm³/mol. The molecular formula is C33H48N4O3S. The Morgan fingerprint density at radius 3 is 2.68 bits per heavy atom. The fraction of sp³-hybridized carbons (Fsp3) is 0.697. The van der Waals surface area contributed by atoms with Crippen molar-refractivity contribution in [2.45, 2.75) is 110 Å². The van der Waals surface area contributed by atoms with Gasteiger partial charge in [0, 0.05) is 46.9 Å². The molecule has 3 heterocycles. The molecular weight excluding hydrogens is 532 g/mol. The van der Waals surface area contributed by atoms with Crippen LogP contribution in [0.2, 0.25) is 0 Å². The maximum atomic E-state index is 13.3. The molecule has 1 saturated heterocycles. The monoisotopic (exact) mass is 580 g/mol. The SMILES string of the molecule is CCC1C2CC(/C=C3/CC(C(C)C)=NN=C3C)CC2N1CC[C@H](NC(=O)C1CCCCC1)c1cc(C(=O)OC)cs1. The summed E-state index contributed by atoms with van der Waals surface area (Å²) in [5.74, 6) is 1.71. The number of carbonyl (C=O) groups is 2. The Hall–Kier alpha value is -2.32. The van der Waals surface area contributed by atoms with Gasteiger partial charge in [-0.15, -0.1) is 11.3 Å². The van der Waals surface area contributed by atoms with Crippen molar-refractivity contribution in [3.05, 3.63) is 33.5 Å². The second kappa shape index (κ2) is 13.3. The number of allylic oxidation sites excluding steroid dienone is 2. The topological polar surface area (TPSA) is 83.4 Å². The number of fused-ring (bicyclic) bond motifs is 1. The number of amides is 1. The van der Waals surface area contributed by atoms with Crippen LogP contribution in [0, 0.1) is 23.7 Å². The highest BCUT2D eigenvalue weighted by molar-refractivity contribution is 7.10. The van der Waals surface area contributed by atoms with Gasteiger partial charge in [-0.05, 0) is 74.8 Å². The first kappa shape index (κ1) is 30.1. The smallest absolute Gasteiger partial charge is 0.338 e. The van der Waals surface area contributed by atoms with Crippen molar-refractivity contribution in [3.8, 4) is 0 Å². The molecule has 1 aromatic rings. The molecule has 1 N–H and O–H groups in total. The maximum Gasteiger partial charge on any atom is 0.338 e. The van der Waals surface area contributed by atoms with Crippen LogP contribution in [0.15, 0.2) is 33.3 Å². The Labute approximate surface area is 249 Å². The average Bonchev–Trinajstić information content (AvgIpc) is 3.60. The molecule has 8 heteroatoms. The predicted octanol–water partition coefficient (Wildman–Crippen LogP) is 6.95. The summed E-state index contributed by atoms with van der Waals surface area (Å²) in [5, 5.41) is 14.2. The van der Waals surface area contributed by atoms with Crippen molar-refractivity contribution in [3.63, 3.8) is 0 Å². The summed E-state index contributed by atoms with van der Waals surface area (Å²) in [7, 11) is 1.41. The number of esters is 1. The molecule has 0 bridgehead atoms. The summed E-state index contributed by atoms with van der Waals surface area (Å²) in [6, 6.07) is 3.03. The van der Waals surface area contributed by atoms with Crippen LogP contribution in [0.4, 0.5) is 0 Å². The van der Waals surface area contributed by atoms with Gasteiger partial charge in [0.1, 0.15) is 0 Å². The molecule has 1 aromatic heterocycles. The van der Waals surface area contributed by atoms with Crippen LogP contribution in [-0.4, -0.2) is 53.9 Å². The molecule has 224 valence electrons. The van der Waals surface area contributed by atoms with Crippen LogP contribution in [0.25, 0.3) is 0 Å². The minimum atomic E-state index is -0.322. The molecule has 41 heavy (non-hydrogen) atoms. The highest BCUT2D eigenvalue weighted by Gasteiger charge is 2.51. The molecule has 2 aliphatic heterocycles. The van der Waals surface area contributed by atoms with Crippen molar-refractivity contribution in [1.82, 2.24) is 10.2 Å². The van der Waals surface area contributed by atoms with E-state index in [0.717, 1.165) is 68.0 Å². The Balaban J connectivity index is 1.26. The first-order valence-electron chi connectivity index (χ1n) is 15.8. The number of nitrogens with one attached hydrogen (secondary N) is 1. The summed E-state index contributed by atoms with van der Waals surface area (Å²) >= 11 is 1.55. The normalized spacial score (nSPS) is 28.6. The van der Waals surface area contributed by atoms with Crippen molar-refractivity contribution >= 4 is 34.6 Å². The average molecular weight is 581 g/mol. The third-order valence-corrected chi connectivity index (χ3v) is 11.0. The molecule has 0 aromatic carbocycles. The second-order valence-corrected chi connectivity index (χ2v) is 13.8. The highest BCUT2D eigenvalue weighted by atomic mass is 32.1. The Morgan fingerprint density at radius 2 is 1.98 bits per heavy atom. The van der Waals surface area contributed by atoms with Crippen molar-refractivity contribution in [2.24, 2.45) is 33.9 Å². The highest BCUT2D eigenvalue weighted by Crippen LogP contribution is 2.49. The second-order valence-electron chi connectivity index (χ2n) is 12.9. The van der Waals surface area contributed by atoms with Crippen LogP contribution < -0.4 is 5.32 Å². The van der Waals surface area contributed by atoms with Gasteiger partial charge < -0.3 is 10.1 Å². The quantitative estimate of drug-likeness (QED) is 0.304. The number of ether oxygens (including phenoxy) is 1. The molecule has 4 aliphatic rings. The zero-order chi connectivity index (χ0) is 29.1. The third kappa shape index (κ3) is 6.69. The lowest BCUT2D eigenvalue weighted by atomic mass is 9.80. The lowest BCUT2D eigenvalue weighted by Crippen LogP contribution is -2.61. The molecule has 1 amide bonds. The van der Waals surface area contributed by atoms with E-state index in [2.05, 4.69) is 54.2 Å². The first-order valence-corrected chi connectivity index (χ1v) is 16.7. The molecule has 0 spiro atoms. The zero-order valence-electron chi connectivity index (χ0n) is 25.5. The van der Waals surface area contributed by atoms with Gasteiger partial charge in [0.05, 0.1) is 24.4 Å².